The van der Waals surface area contributed by atoms with Crippen LogP contribution in [0.2, 0.25) is 0 Å². The summed E-state index contributed by atoms with van der Waals surface area (Å²) in [4.78, 5) is 25.3. The molecule has 1 aromatic carbocycles. The van der Waals surface area contributed by atoms with Crippen LogP contribution in [0.4, 0.5) is 10.2 Å². The largest absolute Gasteiger partial charge is 0.373 e. The molecule has 1 amide bonds. The molecule has 0 N–H and O–H groups in total. The number of halogens is 1. The third kappa shape index (κ3) is 3.47. The van der Waals surface area contributed by atoms with Crippen LogP contribution < -0.4 is 4.90 Å². The molecule has 9 nitrogen and oxygen atoms in total. The third-order valence-corrected chi connectivity index (χ3v) is 5.59. The number of rotatable bonds is 4. The minimum atomic E-state index is -0.515. The summed E-state index contributed by atoms with van der Waals surface area (Å²) in [5.41, 5.74) is 1.40. The third-order valence-electron chi connectivity index (χ3n) is 5.59. The van der Waals surface area contributed by atoms with Crippen LogP contribution in [-0.4, -0.2) is 74.7 Å². The quantitative estimate of drug-likeness (QED) is 0.643. The van der Waals surface area contributed by atoms with E-state index in [2.05, 4.69) is 25.2 Å². The summed E-state index contributed by atoms with van der Waals surface area (Å²) in [5, 5.41) is 8.56. The SMILES string of the molecule is O=C(c1ccccc1F)N1CCO[C@@H](Cn2nnc3c(N4CCCC4)ncnc32)C1. The van der Waals surface area contributed by atoms with E-state index in [-0.39, 0.29) is 17.6 Å². The zero-order chi connectivity index (χ0) is 20.5. The molecule has 2 fully saturated rings. The maximum Gasteiger partial charge on any atom is 0.256 e. The van der Waals surface area contributed by atoms with E-state index in [4.69, 9.17) is 4.74 Å². The molecule has 0 aliphatic carbocycles. The second kappa shape index (κ2) is 7.94. The molecule has 0 bridgehead atoms. The highest BCUT2D eigenvalue weighted by atomic mass is 19.1. The summed E-state index contributed by atoms with van der Waals surface area (Å²) in [6, 6.07) is 6.03. The summed E-state index contributed by atoms with van der Waals surface area (Å²) in [5.74, 6) is -0.0351. The van der Waals surface area contributed by atoms with Gasteiger partial charge >= 0.3 is 0 Å². The minimum Gasteiger partial charge on any atom is -0.373 e. The highest BCUT2D eigenvalue weighted by molar-refractivity contribution is 5.94. The second-order valence-electron chi connectivity index (χ2n) is 7.56. The zero-order valence-corrected chi connectivity index (χ0v) is 16.4. The number of fused-ring (bicyclic) bond motifs is 1. The molecule has 0 saturated carbocycles. The molecule has 156 valence electrons. The molecule has 5 rings (SSSR count). The first-order valence-corrected chi connectivity index (χ1v) is 10.2. The Morgan fingerprint density at radius 2 is 2.00 bits per heavy atom. The van der Waals surface area contributed by atoms with Gasteiger partial charge < -0.3 is 14.5 Å². The fourth-order valence-electron chi connectivity index (χ4n) is 4.08. The van der Waals surface area contributed by atoms with Crippen molar-refractivity contribution in [3.63, 3.8) is 0 Å². The lowest BCUT2D eigenvalue weighted by molar-refractivity contribution is -0.0298. The van der Waals surface area contributed by atoms with Crippen LogP contribution in [0.1, 0.15) is 23.2 Å². The van der Waals surface area contributed by atoms with Crippen LogP contribution in [0, 0.1) is 5.82 Å². The fraction of sp³-hybridized carbons (Fsp3) is 0.450. The van der Waals surface area contributed by atoms with E-state index in [0.717, 1.165) is 31.7 Å². The lowest BCUT2D eigenvalue weighted by Crippen LogP contribution is -2.47. The van der Waals surface area contributed by atoms with Crippen molar-refractivity contribution in [2.75, 3.05) is 37.7 Å². The van der Waals surface area contributed by atoms with E-state index in [9.17, 15) is 9.18 Å². The van der Waals surface area contributed by atoms with Crippen LogP contribution in [0.3, 0.4) is 0 Å². The number of benzene rings is 1. The summed E-state index contributed by atoms with van der Waals surface area (Å²) in [7, 11) is 0. The van der Waals surface area contributed by atoms with Crippen LogP contribution >= 0.6 is 0 Å². The molecule has 0 radical (unpaired) electrons. The Bertz CT molecular complexity index is 1070. The van der Waals surface area contributed by atoms with Gasteiger partial charge in [0.1, 0.15) is 12.1 Å². The fourth-order valence-corrected chi connectivity index (χ4v) is 4.08. The number of morpholine rings is 1. The average Bonchev–Trinajstić information content (AvgIpc) is 3.44. The molecule has 2 aliphatic rings. The number of aromatic nitrogens is 5. The van der Waals surface area contributed by atoms with Gasteiger partial charge in [-0.05, 0) is 25.0 Å². The Balaban J connectivity index is 1.33. The van der Waals surface area contributed by atoms with Gasteiger partial charge in [-0.15, -0.1) is 5.10 Å². The predicted molar refractivity (Wildman–Crippen MR) is 107 cm³/mol. The smallest absolute Gasteiger partial charge is 0.256 e. The van der Waals surface area contributed by atoms with Crippen molar-refractivity contribution in [2.24, 2.45) is 0 Å². The van der Waals surface area contributed by atoms with Crippen molar-refractivity contribution < 1.29 is 13.9 Å². The molecule has 2 saturated heterocycles. The maximum absolute atomic E-state index is 14.0. The number of carbonyl (C=O) groups is 1. The summed E-state index contributed by atoms with van der Waals surface area (Å²) >= 11 is 0. The van der Waals surface area contributed by atoms with E-state index in [1.54, 1.807) is 21.7 Å². The zero-order valence-electron chi connectivity index (χ0n) is 16.4. The first kappa shape index (κ1) is 18.9. The summed E-state index contributed by atoms with van der Waals surface area (Å²) in [6.45, 7) is 3.46. The lowest BCUT2D eigenvalue weighted by Gasteiger charge is -2.33. The van der Waals surface area contributed by atoms with Crippen molar-refractivity contribution in [1.29, 1.82) is 0 Å². The molecular weight excluding hydrogens is 389 g/mol. The lowest BCUT2D eigenvalue weighted by atomic mass is 10.1. The van der Waals surface area contributed by atoms with Crippen molar-refractivity contribution in [2.45, 2.75) is 25.5 Å². The molecule has 10 heteroatoms. The number of nitrogens with zero attached hydrogens (tertiary/aromatic N) is 7. The molecule has 2 aliphatic heterocycles. The molecule has 1 atom stereocenters. The molecular formula is C20H22FN7O2. The van der Waals surface area contributed by atoms with Crippen molar-refractivity contribution >= 4 is 22.9 Å². The highest BCUT2D eigenvalue weighted by Gasteiger charge is 2.28. The van der Waals surface area contributed by atoms with Gasteiger partial charge in [0.15, 0.2) is 17.0 Å². The molecule has 0 unspecified atom stereocenters. The van der Waals surface area contributed by atoms with Gasteiger partial charge in [0.05, 0.1) is 24.8 Å². The van der Waals surface area contributed by atoms with E-state index in [1.807, 2.05) is 0 Å². The molecule has 30 heavy (non-hydrogen) atoms. The topological polar surface area (TPSA) is 89.3 Å². The Morgan fingerprint density at radius 3 is 2.83 bits per heavy atom. The molecule has 2 aromatic heterocycles. The summed E-state index contributed by atoms with van der Waals surface area (Å²) in [6.07, 6.45) is 3.53. The number of ether oxygens (including phenoxy) is 1. The number of anilines is 1. The second-order valence-corrected chi connectivity index (χ2v) is 7.56. The highest BCUT2D eigenvalue weighted by Crippen LogP contribution is 2.24. The van der Waals surface area contributed by atoms with Gasteiger partial charge in [0.25, 0.3) is 5.91 Å². The summed E-state index contributed by atoms with van der Waals surface area (Å²) < 4.78 is 21.6. The predicted octanol–water partition coefficient (Wildman–Crippen LogP) is 1.50. The van der Waals surface area contributed by atoms with Crippen LogP contribution in [-0.2, 0) is 11.3 Å². The van der Waals surface area contributed by atoms with Gasteiger partial charge in [0.2, 0.25) is 0 Å². The van der Waals surface area contributed by atoms with Crippen molar-refractivity contribution in [3.8, 4) is 0 Å². The van der Waals surface area contributed by atoms with Crippen LogP contribution in [0.25, 0.3) is 11.2 Å². The number of carbonyl (C=O) groups excluding carboxylic acids is 1. The van der Waals surface area contributed by atoms with E-state index >= 15 is 0 Å². The van der Waals surface area contributed by atoms with Gasteiger partial charge in [0, 0.05) is 26.2 Å². The van der Waals surface area contributed by atoms with Crippen LogP contribution in [0.15, 0.2) is 30.6 Å². The normalized spacial score (nSPS) is 19.6. The van der Waals surface area contributed by atoms with Crippen molar-refractivity contribution in [1.82, 2.24) is 29.9 Å². The Labute approximate surface area is 172 Å². The molecule has 4 heterocycles. The first-order chi connectivity index (χ1) is 14.7. The minimum absolute atomic E-state index is 0.0763. The molecule has 3 aromatic rings. The van der Waals surface area contributed by atoms with Gasteiger partial charge in [-0.25, -0.2) is 19.0 Å². The average molecular weight is 411 g/mol. The van der Waals surface area contributed by atoms with E-state index in [1.165, 1.54) is 18.5 Å². The van der Waals surface area contributed by atoms with Gasteiger partial charge in [-0.3, -0.25) is 4.79 Å². The Morgan fingerprint density at radius 1 is 1.17 bits per heavy atom. The number of hydrogen-bond acceptors (Lipinski definition) is 7. The van der Waals surface area contributed by atoms with Gasteiger partial charge in [-0.2, -0.15) is 0 Å². The van der Waals surface area contributed by atoms with Crippen molar-refractivity contribution in [3.05, 3.63) is 42.0 Å². The van der Waals surface area contributed by atoms with Crippen LogP contribution in [0.5, 0.6) is 0 Å². The number of amides is 1. The Kier molecular flexibility index (Phi) is 4.99. The Hall–Kier alpha value is -3.14. The van der Waals surface area contributed by atoms with Gasteiger partial charge in [-0.1, -0.05) is 17.3 Å². The standard InChI is InChI=1S/C20H22FN7O2/c21-16-6-2-1-5-15(16)20(29)27-9-10-30-14(11-27)12-28-19-17(24-25-28)18(22-13-23-19)26-7-3-4-8-26/h1-2,5-6,13-14H,3-4,7-12H2/t14-/m1/s1. The van der Waals surface area contributed by atoms with E-state index in [0.29, 0.717) is 37.4 Å². The maximum atomic E-state index is 14.0. The number of hydrogen-bond donors (Lipinski definition) is 0. The monoisotopic (exact) mass is 411 g/mol. The first-order valence-electron chi connectivity index (χ1n) is 10.2. The molecule has 0 spiro atoms. The van der Waals surface area contributed by atoms with E-state index < -0.39 is 5.82 Å².